The first kappa shape index (κ1) is 26.9. The number of nitrogens with zero attached hydrogens (tertiary/aromatic N) is 4. The van der Waals surface area contributed by atoms with Crippen molar-refractivity contribution in [3.05, 3.63) is 52.5 Å². The molecule has 37 heavy (non-hydrogen) atoms. The number of methoxy groups -OCH3 is 1. The number of allylic oxidation sites excluding steroid dienone is 1. The maximum Gasteiger partial charge on any atom is 0.433 e. The number of carbonyl (C=O) groups is 1. The second-order valence-corrected chi connectivity index (χ2v) is 11.7. The number of aryl methyl sites for hydroxylation is 1. The smallest absolute Gasteiger partial charge is 0.433 e. The Hall–Kier alpha value is -3.15. The number of benzene rings is 1. The zero-order chi connectivity index (χ0) is 27.3. The predicted molar refractivity (Wildman–Crippen MR) is 132 cm³/mol. The topological polar surface area (TPSA) is 92.7 Å². The second kappa shape index (κ2) is 9.62. The number of hydrogen-bond acceptors (Lipinski definition) is 8. The van der Waals surface area contributed by atoms with E-state index in [9.17, 15) is 26.4 Å². The molecule has 2 aromatic rings. The summed E-state index contributed by atoms with van der Waals surface area (Å²) >= 11 is 0. The van der Waals surface area contributed by atoms with Gasteiger partial charge < -0.3 is 14.5 Å². The van der Waals surface area contributed by atoms with E-state index in [4.69, 9.17) is 4.74 Å². The van der Waals surface area contributed by atoms with Gasteiger partial charge in [0.05, 0.1) is 23.6 Å². The number of aromatic nitrogens is 2. The lowest BCUT2D eigenvalue weighted by Crippen LogP contribution is -2.55. The molecular formula is C25H29F3N4O4S. The highest BCUT2D eigenvalue weighted by atomic mass is 32.2. The fourth-order valence-corrected chi connectivity index (χ4v) is 6.01. The number of hydrogen-bond donors (Lipinski definition) is 0. The maximum atomic E-state index is 13.4. The Balaban J connectivity index is 1.86. The molecule has 2 aliphatic rings. The molecule has 0 spiro atoms. The van der Waals surface area contributed by atoms with E-state index in [-0.39, 0.29) is 28.4 Å². The van der Waals surface area contributed by atoms with Crippen LogP contribution in [0.25, 0.3) is 0 Å². The van der Waals surface area contributed by atoms with Crippen molar-refractivity contribution < 1.29 is 31.1 Å². The zero-order valence-corrected chi connectivity index (χ0v) is 22.1. The molecule has 3 heterocycles. The molecule has 1 aromatic heterocycles. The Morgan fingerprint density at radius 1 is 1.19 bits per heavy atom. The number of halogens is 3. The summed E-state index contributed by atoms with van der Waals surface area (Å²) in [7, 11) is -2.57. The first-order chi connectivity index (χ1) is 17.2. The van der Waals surface area contributed by atoms with Gasteiger partial charge in [-0.15, -0.1) is 0 Å². The summed E-state index contributed by atoms with van der Waals surface area (Å²) in [6.07, 6.45) is -1.26. The van der Waals surface area contributed by atoms with Crippen molar-refractivity contribution in [2.24, 2.45) is 5.92 Å². The van der Waals surface area contributed by atoms with Gasteiger partial charge in [-0.05, 0) is 49.4 Å². The van der Waals surface area contributed by atoms with Gasteiger partial charge in [0, 0.05) is 36.9 Å². The van der Waals surface area contributed by atoms with E-state index in [2.05, 4.69) is 9.97 Å². The Labute approximate surface area is 214 Å². The van der Waals surface area contributed by atoms with Crippen LogP contribution in [0.2, 0.25) is 0 Å². The van der Waals surface area contributed by atoms with Crippen LogP contribution in [0.15, 0.2) is 40.6 Å². The quantitative estimate of drug-likeness (QED) is 0.534. The van der Waals surface area contributed by atoms with Gasteiger partial charge in [0.1, 0.15) is 5.69 Å². The van der Waals surface area contributed by atoms with Crippen LogP contribution < -0.4 is 9.80 Å². The average Bonchev–Trinajstić information content (AvgIpc) is 2.97. The van der Waals surface area contributed by atoms with E-state index in [0.29, 0.717) is 31.6 Å². The van der Waals surface area contributed by atoms with Gasteiger partial charge in [-0.25, -0.2) is 23.2 Å². The number of esters is 1. The highest BCUT2D eigenvalue weighted by molar-refractivity contribution is 7.90. The molecular weight excluding hydrogens is 509 g/mol. The summed E-state index contributed by atoms with van der Waals surface area (Å²) in [5.41, 5.74) is 2.34. The lowest BCUT2D eigenvalue weighted by Gasteiger charge is -2.47. The number of rotatable bonds is 4. The molecule has 1 atom stereocenters. The molecule has 4 rings (SSSR count). The molecule has 1 fully saturated rings. The van der Waals surface area contributed by atoms with E-state index in [0.717, 1.165) is 35.4 Å². The molecule has 1 unspecified atom stereocenters. The maximum absolute atomic E-state index is 13.4. The van der Waals surface area contributed by atoms with Crippen molar-refractivity contribution in [2.45, 2.75) is 50.7 Å². The standard InChI is InChI=1S/C25H29F3N4O4S/c1-14(2)21-22-15(3)6-7-16-12-17(23(33)36-4)19(37(5,34)35)13-18(16)31(22)10-11-32(21)24-29-9-8-20(30-24)25(26,27)28/h8-9,12-14,21H,6-7,10-11H2,1-5H3. The van der Waals surface area contributed by atoms with E-state index in [1.165, 1.54) is 13.2 Å². The lowest BCUT2D eigenvalue weighted by atomic mass is 9.92. The van der Waals surface area contributed by atoms with Crippen LogP contribution >= 0.6 is 0 Å². The van der Waals surface area contributed by atoms with E-state index >= 15 is 0 Å². The Morgan fingerprint density at radius 3 is 2.49 bits per heavy atom. The molecule has 0 amide bonds. The molecule has 0 N–H and O–H groups in total. The second-order valence-electron chi connectivity index (χ2n) is 9.68. The van der Waals surface area contributed by atoms with Gasteiger partial charge in [0.25, 0.3) is 0 Å². The first-order valence-corrected chi connectivity index (χ1v) is 13.7. The third-order valence-corrected chi connectivity index (χ3v) is 7.91. The van der Waals surface area contributed by atoms with Crippen LogP contribution in [0, 0.1) is 5.92 Å². The Morgan fingerprint density at radius 2 is 1.89 bits per heavy atom. The summed E-state index contributed by atoms with van der Waals surface area (Å²) < 4.78 is 70.3. The molecule has 1 saturated heterocycles. The van der Waals surface area contributed by atoms with Gasteiger partial charge in [0.2, 0.25) is 5.95 Å². The van der Waals surface area contributed by atoms with Crippen molar-refractivity contribution in [2.75, 3.05) is 36.3 Å². The number of anilines is 2. The number of carbonyl (C=O) groups excluding carboxylic acids is 1. The predicted octanol–water partition coefficient (Wildman–Crippen LogP) is 4.26. The fourth-order valence-electron chi connectivity index (χ4n) is 5.14. The molecule has 200 valence electrons. The number of fused-ring (bicyclic) bond motifs is 3. The number of sulfone groups is 1. The van der Waals surface area contributed by atoms with Gasteiger partial charge in [-0.3, -0.25) is 0 Å². The Kier molecular flexibility index (Phi) is 7.00. The summed E-state index contributed by atoms with van der Waals surface area (Å²) in [4.78, 5) is 24.1. The first-order valence-electron chi connectivity index (χ1n) is 11.8. The normalized spacial score (nSPS) is 18.5. The van der Waals surface area contributed by atoms with Crippen molar-refractivity contribution in [1.82, 2.24) is 9.97 Å². The molecule has 0 aliphatic carbocycles. The van der Waals surface area contributed by atoms with E-state index < -0.39 is 27.7 Å². The third kappa shape index (κ3) is 5.03. The number of alkyl halides is 3. The van der Waals surface area contributed by atoms with Crippen LogP contribution in [0.3, 0.4) is 0 Å². The third-order valence-electron chi connectivity index (χ3n) is 6.78. The van der Waals surface area contributed by atoms with Gasteiger partial charge >= 0.3 is 12.1 Å². The largest absolute Gasteiger partial charge is 0.465 e. The van der Waals surface area contributed by atoms with Gasteiger partial charge in [-0.1, -0.05) is 19.4 Å². The molecule has 0 bridgehead atoms. The summed E-state index contributed by atoms with van der Waals surface area (Å²) in [6, 6.07) is 3.59. The van der Waals surface area contributed by atoms with Gasteiger partial charge in [-0.2, -0.15) is 13.2 Å². The minimum atomic E-state index is -4.59. The molecule has 12 heteroatoms. The van der Waals surface area contributed by atoms with E-state index in [1.54, 1.807) is 11.0 Å². The summed E-state index contributed by atoms with van der Waals surface area (Å²) in [5, 5.41) is 0. The average molecular weight is 539 g/mol. The van der Waals surface area contributed by atoms with Crippen molar-refractivity contribution in [3.63, 3.8) is 0 Å². The monoisotopic (exact) mass is 538 g/mol. The minimum absolute atomic E-state index is 0.00388. The fraction of sp³-hybridized carbons (Fsp3) is 0.480. The SMILES string of the molecule is COC(=O)c1cc2c(cc1S(C)(=O)=O)N1CCN(c3nccc(C(F)(F)F)n3)C(C(C)C)C1=C(C)CC2. The lowest BCUT2D eigenvalue weighted by molar-refractivity contribution is -0.141. The minimum Gasteiger partial charge on any atom is -0.465 e. The van der Waals surface area contributed by atoms with Crippen LogP contribution in [-0.2, 0) is 27.2 Å². The van der Waals surface area contributed by atoms with Crippen LogP contribution in [0.1, 0.15) is 48.8 Å². The highest BCUT2D eigenvalue weighted by Gasteiger charge is 2.40. The molecule has 2 aliphatic heterocycles. The summed E-state index contributed by atoms with van der Waals surface area (Å²) in [6.45, 7) is 6.60. The Bertz CT molecular complexity index is 1370. The van der Waals surface area contributed by atoms with E-state index in [1.807, 2.05) is 25.7 Å². The zero-order valence-electron chi connectivity index (χ0n) is 21.3. The summed E-state index contributed by atoms with van der Waals surface area (Å²) in [5.74, 6) is -0.768. The number of ether oxygens (including phenoxy) is 1. The van der Waals surface area contributed by atoms with Crippen LogP contribution in [0.4, 0.5) is 24.8 Å². The molecule has 0 saturated carbocycles. The molecule has 0 radical (unpaired) electrons. The molecule has 8 nitrogen and oxygen atoms in total. The molecule has 1 aromatic carbocycles. The van der Waals surface area contributed by atoms with Gasteiger partial charge in [0.15, 0.2) is 9.84 Å². The highest BCUT2D eigenvalue weighted by Crippen LogP contribution is 2.41. The van der Waals surface area contributed by atoms with Crippen molar-refractivity contribution in [3.8, 4) is 0 Å². The number of piperazine rings is 1. The van der Waals surface area contributed by atoms with Crippen molar-refractivity contribution in [1.29, 1.82) is 0 Å². The van der Waals surface area contributed by atoms with Crippen LogP contribution in [0.5, 0.6) is 0 Å². The van der Waals surface area contributed by atoms with Crippen LogP contribution in [-0.4, -0.2) is 56.9 Å². The van der Waals surface area contributed by atoms with Crippen molar-refractivity contribution >= 4 is 27.4 Å².